The van der Waals surface area contributed by atoms with Crippen LogP contribution in [0.2, 0.25) is 5.15 Å². The first-order chi connectivity index (χ1) is 9.10. The molecule has 0 saturated carbocycles. The molecule has 1 atom stereocenters. The predicted octanol–water partition coefficient (Wildman–Crippen LogP) is 2.75. The van der Waals surface area contributed by atoms with Gasteiger partial charge in [-0.15, -0.1) is 0 Å². The number of ether oxygens (including phenoxy) is 1. The lowest BCUT2D eigenvalue weighted by molar-refractivity contribution is -0.142. The number of nitrogens with zero attached hydrogens (tertiary/aromatic N) is 3. The van der Waals surface area contributed by atoms with Crippen molar-refractivity contribution in [1.82, 2.24) is 14.6 Å². The van der Waals surface area contributed by atoms with Crippen LogP contribution in [0.15, 0.2) is 12.3 Å². The first kappa shape index (κ1) is 13.8. The number of rotatable bonds is 4. The largest absolute Gasteiger partial charge is 0.469 e. The minimum Gasteiger partial charge on any atom is -0.469 e. The molecule has 102 valence electrons. The Balaban J connectivity index is 2.60. The number of methoxy groups -OCH3 is 1. The lowest BCUT2D eigenvalue weighted by Gasteiger charge is -2.17. The number of halogens is 1. The van der Waals surface area contributed by atoms with Gasteiger partial charge in [0, 0.05) is 17.3 Å². The van der Waals surface area contributed by atoms with Crippen LogP contribution in [0.4, 0.5) is 0 Å². The van der Waals surface area contributed by atoms with E-state index >= 15 is 0 Å². The number of carbonyl (C=O) groups excluding carboxylic acids is 1. The van der Waals surface area contributed by atoms with Gasteiger partial charge in [-0.05, 0) is 13.3 Å². The van der Waals surface area contributed by atoms with E-state index in [2.05, 4.69) is 10.1 Å². The fourth-order valence-corrected chi connectivity index (χ4v) is 2.63. The van der Waals surface area contributed by atoms with Crippen LogP contribution in [-0.4, -0.2) is 27.7 Å². The Morgan fingerprint density at radius 2 is 2.32 bits per heavy atom. The molecule has 0 aromatic carbocycles. The molecule has 5 nitrogen and oxygen atoms in total. The Morgan fingerprint density at radius 1 is 1.58 bits per heavy atom. The first-order valence-electron chi connectivity index (χ1n) is 6.17. The van der Waals surface area contributed by atoms with E-state index in [9.17, 15) is 4.79 Å². The SMILES string of the molecule is CCCC(C(=O)OC)c1c(C)nc2ccnn2c1Cl. The van der Waals surface area contributed by atoms with Crippen LogP contribution < -0.4 is 0 Å². The molecule has 2 aromatic heterocycles. The lowest BCUT2D eigenvalue weighted by Crippen LogP contribution is -2.18. The summed E-state index contributed by atoms with van der Waals surface area (Å²) in [5.74, 6) is -0.691. The maximum atomic E-state index is 11.9. The van der Waals surface area contributed by atoms with E-state index in [-0.39, 0.29) is 5.97 Å². The van der Waals surface area contributed by atoms with Crippen LogP contribution in [0.3, 0.4) is 0 Å². The number of hydrogen-bond acceptors (Lipinski definition) is 4. The van der Waals surface area contributed by atoms with E-state index in [1.807, 2.05) is 13.8 Å². The van der Waals surface area contributed by atoms with Crippen LogP contribution >= 0.6 is 11.6 Å². The summed E-state index contributed by atoms with van der Waals surface area (Å²) >= 11 is 6.37. The van der Waals surface area contributed by atoms with E-state index in [1.54, 1.807) is 12.3 Å². The molecule has 0 aliphatic carbocycles. The van der Waals surface area contributed by atoms with Gasteiger partial charge in [0.1, 0.15) is 5.15 Å². The Bertz CT molecular complexity index is 609. The normalized spacial score (nSPS) is 12.6. The number of fused-ring (bicyclic) bond motifs is 1. The monoisotopic (exact) mass is 281 g/mol. The average Bonchev–Trinajstić information content (AvgIpc) is 2.85. The molecular formula is C13H16ClN3O2. The summed E-state index contributed by atoms with van der Waals surface area (Å²) in [4.78, 5) is 16.4. The molecule has 2 rings (SSSR count). The summed E-state index contributed by atoms with van der Waals surface area (Å²) in [5, 5.41) is 4.54. The molecule has 0 spiro atoms. The first-order valence-corrected chi connectivity index (χ1v) is 6.55. The van der Waals surface area contributed by atoms with Crippen molar-refractivity contribution in [2.75, 3.05) is 7.11 Å². The summed E-state index contributed by atoms with van der Waals surface area (Å²) in [6.07, 6.45) is 3.15. The van der Waals surface area contributed by atoms with Crippen molar-refractivity contribution in [2.45, 2.75) is 32.6 Å². The second kappa shape index (κ2) is 5.57. The van der Waals surface area contributed by atoms with E-state index < -0.39 is 5.92 Å². The van der Waals surface area contributed by atoms with Gasteiger partial charge in [-0.1, -0.05) is 24.9 Å². The van der Waals surface area contributed by atoms with Gasteiger partial charge in [0.15, 0.2) is 5.65 Å². The van der Waals surface area contributed by atoms with Crippen LogP contribution in [0, 0.1) is 6.92 Å². The van der Waals surface area contributed by atoms with Crippen LogP contribution in [0.5, 0.6) is 0 Å². The van der Waals surface area contributed by atoms with Gasteiger partial charge in [0.2, 0.25) is 0 Å². The van der Waals surface area contributed by atoms with Crippen molar-refractivity contribution >= 4 is 23.2 Å². The number of hydrogen-bond donors (Lipinski definition) is 0. The molecule has 0 aliphatic rings. The topological polar surface area (TPSA) is 56.5 Å². The molecule has 2 aromatic rings. The van der Waals surface area contributed by atoms with Gasteiger partial charge >= 0.3 is 5.97 Å². The van der Waals surface area contributed by atoms with E-state index in [1.165, 1.54) is 11.6 Å². The highest BCUT2D eigenvalue weighted by Gasteiger charge is 2.27. The van der Waals surface area contributed by atoms with Gasteiger partial charge < -0.3 is 4.74 Å². The maximum Gasteiger partial charge on any atom is 0.313 e. The van der Waals surface area contributed by atoms with Crippen molar-refractivity contribution in [3.8, 4) is 0 Å². The van der Waals surface area contributed by atoms with Gasteiger partial charge in [-0.2, -0.15) is 5.10 Å². The number of carbonyl (C=O) groups is 1. The van der Waals surface area contributed by atoms with Crippen molar-refractivity contribution in [3.05, 3.63) is 28.7 Å². The lowest BCUT2D eigenvalue weighted by atomic mass is 9.94. The summed E-state index contributed by atoms with van der Waals surface area (Å²) in [6.45, 7) is 3.86. The van der Waals surface area contributed by atoms with Crippen LogP contribution in [0.25, 0.3) is 5.65 Å². The zero-order chi connectivity index (χ0) is 14.0. The molecule has 0 fully saturated rings. The number of aryl methyl sites for hydroxylation is 1. The van der Waals surface area contributed by atoms with Gasteiger partial charge in [0.05, 0.1) is 19.2 Å². The number of aromatic nitrogens is 3. The molecule has 0 amide bonds. The minimum absolute atomic E-state index is 0.292. The molecule has 0 radical (unpaired) electrons. The molecule has 2 heterocycles. The third kappa shape index (κ3) is 2.42. The highest BCUT2D eigenvalue weighted by Crippen LogP contribution is 2.31. The quantitative estimate of drug-likeness (QED) is 0.639. The van der Waals surface area contributed by atoms with Crippen LogP contribution in [-0.2, 0) is 9.53 Å². The molecule has 0 N–H and O–H groups in total. The average molecular weight is 282 g/mol. The van der Waals surface area contributed by atoms with Gasteiger partial charge in [-0.3, -0.25) is 4.79 Å². The van der Waals surface area contributed by atoms with Crippen molar-refractivity contribution < 1.29 is 9.53 Å². The summed E-state index contributed by atoms with van der Waals surface area (Å²) < 4.78 is 6.41. The molecule has 0 bridgehead atoms. The third-order valence-corrected chi connectivity index (χ3v) is 3.48. The summed E-state index contributed by atoms with van der Waals surface area (Å²) in [5.41, 5.74) is 2.11. The second-order valence-corrected chi connectivity index (χ2v) is 4.73. The highest BCUT2D eigenvalue weighted by molar-refractivity contribution is 6.30. The molecule has 1 unspecified atom stereocenters. The Morgan fingerprint density at radius 3 is 2.95 bits per heavy atom. The Labute approximate surface area is 116 Å². The zero-order valence-electron chi connectivity index (χ0n) is 11.2. The zero-order valence-corrected chi connectivity index (χ0v) is 11.9. The maximum absolute atomic E-state index is 11.9. The van der Waals surface area contributed by atoms with E-state index in [0.29, 0.717) is 22.8 Å². The van der Waals surface area contributed by atoms with Crippen LogP contribution in [0.1, 0.15) is 36.9 Å². The molecule has 19 heavy (non-hydrogen) atoms. The highest BCUT2D eigenvalue weighted by atomic mass is 35.5. The molecular weight excluding hydrogens is 266 g/mol. The fourth-order valence-electron chi connectivity index (χ4n) is 2.23. The second-order valence-electron chi connectivity index (χ2n) is 4.37. The molecule has 0 aliphatic heterocycles. The smallest absolute Gasteiger partial charge is 0.313 e. The predicted molar refractivity (Wildman–Crippen MR) is 72.4 cm³/mol. The standard InChI is InChI=1S/C13H16ClN3O2/c1-4-5-9(13(18)19-3)11-8(2)16-10-6-7-15-17(10)12(11)14/h6-7,9H,4-5H2,1-3H3. The van der Waals surface area contributed by atoms with Crippen molar-refractivity contribution in [2.24, 2.45) is 0 Å². The van der Waals surface area contributed by atoms with E-state index in [4.69, 9.17) is 16.3 Å². The fraction of sp³-hybridized carbons (Fsp3) is 0.462. The number of esters is 1. The Hall–Kier alpha value is -1.62. The summed E-state index contributed by atoms with van der Waals surface area (Å²) in [7, 11) is 1.38. The van der Waals surface area contributed by atoms with Crippen molar-refractivity contribution in [1.29, 1.82) is 0 Å². The third-order valence-electron chi connectivity index (χ3n) is 3.11. The molecule has 6 heteroatoms. The minimum atomic E-state index is -0.399. The summed E-state index contributed by atoms with van der Waals surface area (Å²) in [6, 6.07) is 1.77. The Kier molecular flexibility index (Phi) is 4.04. The molecule has 0 saturated heterocycles. The van der Waals surface area contributed by atoms with E-state index in [0.717, 1.165) is 12.1 Å². The van der Waals surface area contributed by atoms with Crippen molar-refractivity contribution in [3.63, 3.8) is 0 Å². The van der Waals surface area contributed by atoms with Gasteiger partial charge in [0.25, 0.3) is 0 Å². The van der Waals surface area contributed by atoms with Gasteiger partial charge in [-0.25, -0.2) is 9.50 Å².